The number of hydrogen-bond donors (Lipinski definition) is 1. The van der Waals surface area contributed by atoms with Gasteiger partial charge in [-0.3, -0.25) is 0 Å². The lowest BCUT2D eigenvalue weighted by atomic mass is 9.95. The Morgan fingerprint density at radius 2 is 2.11 bits per heavy atom. The van der Waals surface area contributed by atoms with Crippen LogP contribution >= 0.6 is 0 Å². The zero-order chi connectivity index (χ0) is 13.0. The monoisotopic (exact) mass is 250 g/mol. The molecule has 1 aromatic carbocycles. The smallest absolute Gasteiger partial charge is 0.161 e. The van der Waals surface area contributed by atoms with Crippen molar-refractivity contribution in [2.75, 3.05) is 7.11 Å². The van der Waals surface area contributed by atoms with Gasteiger partial charge in [-0.15, -0.1) is 0 Å². The van der Waals surface area contributed by atoms with Crippen LogP contribution < -0.4 is 9.47 Å². The van der Waals surface area contributed by atoms with Crippen LogP contribution in [-0.4, -0.2) is 24.4 Å². The molecule has 1 saturated carbocycles. The second kappa shape index (κ2) is 6.10. The molecule has 0 aromatic heterocycles. The summed E-state index contributed by atoms with van der Waals surface area (Å²) in [5.41, 5.74) is 1.24. The highest BCUT2D eigenvalue weighted by molar-refractivity contribution is 5.43. The van der Waals surface area contributed by atoms with Gasteiger partial charge < -0.3 is 14.6 Å². The Bertz CT molecular complexity index is 389. The summed E-state index contributed by atoms with van der Waals surface area (Å²) < 4.78 is 11.3. The predicted molar refractivity (Wildman–Crippen MR) is 71.3 cm³/mol. The van der Waals surface area contributed by atoms with Crippen LogP contribution in [0.2, 0.25) is 0 Å². The summed E-state index contributed by atoms with van der Waals surface area (Å²) in [4.78, 5) is 0. The lowest BCUT2D eigenvalue weighted by molar-refractivity contribution is 0.0522. The molecular weight excluding hydrogens is 228 g/mol. The first-order valence-electron chi connectivity index (χ1n) is 6.74. The second-order valence-electron chi connectivity index (χ2n) is 4.90. The number of benzene rings is 1. The van der Waals surface area contributed by atoms with E-state index in [1.54, 1.807) is 7.11 Å². The molecule has 0 saturated heterocycles. The highest BCUT2D eigenvalue weighted by Gasteiger charge is 2.22. The van der Waals surface area contributed by atoms with Crippen LogP contribution in [0.4, 0.5) is 0 Å². The molecule has 1 aliphatic rings. The molecule has 0 aliphatic heterocycles. The largest absolute Gasteiger partial charge is 0.493 e. The molecule has 3 nitrogen and oxygen atoms in total. The maximum atomic E-state index is 9.66. The van der Waals surface area contributed by atoms with Gasteiger partial charge in [0.25, 0.3) is 0 Å². The third-order valence-electron chi connectivity index (χ3n) is 3.53. The van der Waals surface area contributed by atoms with Gasteiger partial charge in [-0.1, -0.05) is 13.0 Å². The Balaban J connectivity index is 2.08. The molecule has 0 heterocycles. The topological polar surface area (TPSA) is 38.7 Å². The normalized spacial score (nSPS) is 23.7. The minimum absolute atomic E-state index is 0.107. The summed E-state index contributed by atoms with van der Waals surface area (Å²) in [7, 11) is 1.66. The lowest BCUT2D eigenvalue weighted by Gasteiger charge is -2.27. The van der Waals surface area contributed by atoms with Gasteiger partial charge in [0.2, 0.25) is 0 Å². The maximum absolute atomic E-state index is 9.66. The molecule has 0 spiro atoms. The van der Waals surface area contributed by atoms with Gasteiger partial charge >= 0.3 is 0 Å². The zero-order valence-corrected chi connectivity index (χ0v) is 11.2. The van der Waals surface area contributed by atoms with Gasteiger partial charge in [0.05, 0.1) is 13.2 Å². The Morgan fingerprint density at radius 3 is 2.78 bits per heavy atom. The third kappa shape index (κ3) is 3.16. The van der Waals surface area contributed by atoms with Crippen LogP contribution in [0.5, 0.6) is 11.5 Å². The minimum atomic E-state index is -0.218. The van der Waals surface area contributed by atoms with Crippen molar-refractivity contribution in [2.24, 2.45) is 0 Å². The van der Waals surface area contributed by atoms with Crippen molar-refractivity contribution in [3.05, 3.63) is 23.8 Å². The average molecular weight is 250 g/mol. The van der Waals surface area contributed by atoms with E-state index in [4.69, 9.17) is 9.47 Å². The molecule has 1 fully saturated rings. The van der Waals surface area contributed by atoms with Crippen LogP contribution in [0, 0.1) is 0 Å². The van der Waals surface area contributed by atoms with E-state index in [1.807, 2.05) is 12.1 Å². The number of aliphatic hydroxyl groups is 1. The molecule has 0 bridgehead atoms. The highest BCUT2D eigenvalue weighted by atomic mass is 16.5. The van der Waals surface area contributed by atoms with Gasteiger partial charge in [-0.05, 0) is 43.4 Å². The molecule has 0 amide bonds. The fraction of sp³-hybridized carbons (Fsp3) is 0.600. The molecular formula is C15H22O3. The summed E-state index contributed by atoms with van der Waals surface area (Å²) in [6.07, 6.45) is 4.53. The number of aryl methyl sites for hydroxylation is 1. The summed E-state index contributed by atoms with van der Waals surface area (Å²) in [6.45, 7) is 2.12. The lowest BCUT2D eigenvalue weighted by Crippen LogP contribution is -2.28. The van der Waals surface area contributed by atoms with E-state index in [1.165, 1.54) is 5.56 Å². The summed E-state index contributed by atoms with van der Waals surface area (Å²) in [6, 6.07) is 6.06. The van der Waals surface area contributed by atoms with Crippen LogP contribution in [0.15, 0.2) is 18.2 Å². The van der Waals surface area contributed by atoms with Crippen molar-refractivity contribution < 1.29 is 14.6 Å². The Morgan fingerprint density at radius 1 is 1.28 bits per heavy atom. The van der Waals surface area contributed by atoms with Crippen molar-refractivity contribution in [3.63, 3.8) is 0 Å². The number of rotatable bonds is 4. The van der Waals surface area contributed by atoms with Gasteiger partial charge in [-0.25, -0.2) is 0 Å². The number of methoxy groups -OCH3 is 1. The van der Waals surface area contributed by atoms with E-state index in [0.29, 0.717) is 0 Å². The first kappa shape index (κ1) is 13.2. The van der Waals surface area contributed by atoms with Crippen molar-refractivity contribution in [3.8, 4) is 11.5 Å². The van der Waals surface area contributed by atoms with Gasteiger partial charge in [-0.2, -0.15) is 0 Å². The van der Waals surface area contributed by atoms with E-state index in [-0.39, 0.29) is 12.2 Å². The summed E-state index contributed by atoms with van der Waals surface area (Å²) in [5.74, 6) is 1.57. The van der Waals surface area contributed by atoms with Crippen LogP contribution in [-0.2, 0) is 6.42 Å². The average Bonchev–Trinajstić information content (AvgIpc) is 2.39. The minimum Gasteiger partial charge on any atom is -0.493 e. The maximum Gasteiger partial charge on any atom is 0.161 e. The fourth-order valence-electron chi connectivity index (χ4n) is 2.44. The van der Waals surface area contributed by atoms with Crippen LogP contribution in [0.25, 0.3) is 0 Å². The Hall–Kier alpha value is -1.22. The van der Waals surface area contributed by atoms with Crippen LogP contribution in [0.3, 0.4) is 0 Å². The van der Waals surface area contributed by atoms with Gasteiger partial charge in [0.15, 0.2) is 11.5 Å². The SMILES string of the molecule is CCc1ccc(OC2CCCC(O)C2)c(OC)c1. The van der Waals surface area contributed by atoms with Crippen molar-refractivity contribution in [1.29, 1.82) is 0 Å². The van der Waals surface area contributed by atoms with Crippen molar-refractivity contribution in [1.82, 2.24) is 0 Å². The van der Waals surface area contributed by atoms with E-state index in [0.717, 1.165) is 43.6 Å². The summed E-state index contributed by atoms with van der Waals surface area (Å²) >= 11 is 0. The summed E-state index contributed by atoms with van der Waals surface area (Å²) in [5, 5.41) is 9.66. The highest BCUT2D eigenvalue weighted by Crippen LogP contribution is 2.32. The molecule has 1 aromatic rings. The van der Waals surface area contributed by atoms with E-state index < -0.39 is 0 Å². The fourth-order valence-corrected chi connectivity index (χ4v) is 2.44. The zero-order valence-electron chi connectivity index (χ0n) is 11.2. The second-order valence-corrected chi connectivity index (χ2v) is 4.90. The molecule has 18 heavy (non-hydrogen) atoms. The van der Waals surface area contributed by atoms with E-state index >= 15 is 0 Å². The first-order chi connectivity index (χ1) is 8.72. The van der Waals surface area contributed by atoms with E-state index in [2.05, 4.69) is 13.0 Å². The number of ether oxygens (including phenoxy) is 2. The number of hydrogen-bond acceptors (Lipinski definition) is 3. The third-order valence-corrected chi connectivity index (χ3v) is 3.53. The van der Waals surface area contributed by atoms with Crippen molar-refractivity contribution in [2.45, 2.75) is 51.2 Å². The van der Waals surface area contributed by atoms with Gasteiger partial charge in [0.1, 0.15) is 6.10 Å². The Kier molecular flexibility index (Phi) is 4.48. The molecule has 0 radical (unpaired) electrons. The molecule has 3 heteroatoms. The predicted octanol–water partition coefficient (Wildman–Crippen LogP) is 2.94. The molecule has 1 aliphatic carbocycles. The van der Waals surface area contributed by atoms with Crippen molar-refractivity contribution >= 4 is 0 Å². The van der Waals surface area contributed by atoms with Gasteiger partial charge in [0, 0.05) is 6.42 Å². The number of aliphatic hydroxyl groups excluding tert-OH is 1. The molecule has 2 rings (SSSR count). The molecule has 2 atom stereocenters. The molecule has 2 unspecified atom stereocenters. The Labute approximate surface area is 109 Å². The molecule has 1 N–H and O–H groups in total. The molecule has 100 valence electrons. The standard InChI is InChI=1S/C15H22O3/c1-3-11-7-8-14(15(9-11)17-2)18-13-6-4-5-12(16)10-13/h7-9,12-13,16H,3-6,10H2,1-2H3. The first-order valence-corrected chi connectivity index (χ1v) is 6.74. The van der Waals surface area contributed by atoms with Crippen LogP contribution in [0.1, 0.15) is 38.2 Å². The quantitative estimate of drug-likeness (QED) is 0.893. The van der Waals surface area contributed by atoms with E-state index in [9.17, 15) is 5.11 Å².